The molecule has 0 rings (SSSR count). The first-order valence-electron chi connectivity index (χ1n) is 6.98. The van der Waals surface area contributed by atoms with E-state index in [9.17, 15) is 9.59 Å². The van der Waals surface area contributed by atoms with Crippen LogP contribution in [-0.2, 0) is 23.5 Å². The SMILES string of the molecule is COC(=O)[C@@H]([C@@H](C)O[Si](C)(C)C(C)(C)C)[C@@H](N)C(=O)OC. The molecule has 0 fully saturated rings. The molecule has 0 heterocycles. The van der Waals surface area contributed by atoms with Gasteiger partial charge < -0.3 is 19.6 Å². The molecule has 7 heteroatoms. The van der Waals surface area contributed by atoms with Crippen LogP contribution in [0.4, 0.5) is 0 Å². The molecule has 0 aliphatic heterocycles. The van der Waals surface area contributed by atoms with Gasteiger partial charge in [-0.2, -0.15) is 0 Å². The van der Waals surface area contributed by atoms with Gasteiger partial charge in [0.1, 0.15) is 12.0 Å². The topological polar surface area (TPSA) is 87.9 Å². The highest BCUT2D eigenvalue weighted by atomic mass is 28.4. The van der Waals surface area contributed by atoms with Crippen molar-refractivity contribution in [2.45, 2.75) is 58.0 Å². The maximum absolute atomic E-state index is 12.0. The second-order valence-corrected chi connectivity index (χ2v) is 11.4. The summed E-state index contributed by atoms with van der Waals surface area (Å²) in [6.07, 6.45) is -0.535. The molecule has 0 aromatic heterocycles. The Kier molecular flexibility index (Phi) is 7.05. The second-order valence-electron chi connectivity index (χ2n) is 6.68. The average molecular weight is 319 g/mol. The monoisotopic (exact) mass is 319 g/mol. The zero-order chi connectivity index (χ0) is 17.0. The highest BCUT2D eigenvalue weighted by molar-refractivity contribution is 6.74. The molecule has 124 valence electrons. The molecule has 0 spiro atoms. The van der Waals surface area contributed by atoms with Gasteiger partial charge in [0.05, 0.1) is 20.3 Å². The van der Waals surface area contributed by atoms with Crippen molar-refractivity contribution in [3.05, 3.63) is 0 Å². The van der Waals surface area contributed by atoms with E-state index in [1.54, 1.807) is 6.92 Å². The molecular formula is C14H29NO5Si. The molecule has 3 atom stereocenters. The van der Waals surface area contributed by atoms with Crippen molar-refractivity contribution in [3.8, 4) is 0 Å². The number of rotatable bonds is 6. The lowest BCUT2D eigenvalue weighted by atomic mass is 9.95. The molecule has 0 amide bonds. The van der Waals surface area contributed by atoms with E-state index in [0.29, 0.717) is 0 Å². The molecule has 6 nitrogen and oxygen atoms in total. The third-order valence-corrected chi connectivity index (χ3v) is 8.70. The van der Waals surface area contributed by atoms with E-state index in [-0.39, 0.29) is 5.04 Å². The fourth-order valence-corrected chi connectivity index (χ4v) is 3.19. The number of nitrogens with two attached hydrogens (primary N) is 1. The molecule has 0 saturated heterocycles. The van der Waals surface area contributed by atoms with E-state index in [1.807, 2.05) is 0 Å². The van der Waals surface area contributed by atoms with Crippen LogP contribution >= 0.6 is 0 Å². The maximum Gasteiger partial charge on any atom is 0.323 e. The summed E-state index contributed by atoms with van der Waals surface area (Å²) in [5.41, 5.74) is 5.84. The first kappa shape index (κ1) is 20.1. The summed E-state index contributed by atoms with van der Waals surface area (Å²) >= 11 is 0. The van der Waals surface area contributed by atoms with Crippen LogP contribution in [0.25, 0.3) is 0 Å². The molecule has 21 heavy (non-hydrogen) atoms. The number of carbonyl (C=O) groups is 2. The van der Waals surface area contributed by atoms with E-state index in [2.05, 4.69) is 38.6 Å². The summed E-state index contributed by atoms with van der Waals surface area (Å²) in [5.74, 6) is -2.12. The Hall–Kier alpha value is -0.923. The normalized spacial score (nSPS) is 16.8. The van der Waals surface area contributed by atoms with Crippen molar-refractivity contribution < 1.29 is 23.5 Å². The van der Waals surface area contributed by atoms with Crippen LogP contribution < -0.4 is 5.73 Å². The molecule has 0 bridgehead atoms. The molecule has 0 aromatic carbocycles. The average Bonchev–Trinajstić information content (AvgIpc) is 2.35. The van der Waals surface area contributed by atoms with Crippen molar-refractivity contribution in [2.75, 3.05) is 14.2 Å². The number of ether oxygens (including phenoxy) is 2. The minimum Gasteiger partial charge on any atom is -0.469 e. The van der Waals surface area contributed by atoms with Crippen molar-refractivity contribution >= 4 is 20.3 Å². The quantitative estimate of drug-likeness (QED) is 0.592. The summed E-state index contributed by atoms with van der Waals surface area (Å²) < 4.78 is 15.5. The summed E-state index contributed by atoms with van der Waals surface area (Å²) in [5, 5.41) is -0.0166. The van der Waals surface area contributed by atoms with Gasteiger partial charge in [0.25, 0.3) is 0 Å². The van der Waals surface area contributed by atoms with E-state index >= 15 is 0 Å². The number of methoxy groups -OCH3 is 2. The van der Waals surface area contributed by atoms with E-state index in [0.717, 1.165) is 0 Å². The van der Waals surface area contributed by atoms with Crippen LogP contribution in [0.2, 0.25) is 18.1 Å². The van der Waals surface area contributed by atoms with Gasteiger partial charge in [0.2, 0.25) is 0 Å². The van der Waals surface area contributed by atoms with Crippen molar-refractivity contribution in [2.24, 2.45) is 11.7 Å². The molecule has 2 N–H and O–H groups in total. The summed E-state index contributed by atoms with van der Waals surface area (Å²) in [4.78, 5) is 23.6. The highest BCUT2D eigenvalue weighted by Gasteiger charge is 2.44. The first-order valence-corrected chi connectivity index (χ1v) is 9.89. The van der Waals surface area contributed by atoms with Crippen LogP contribution in [0.5, 0.6) is 0 Å². The highest BCUT2D eigenvalue weighted by Crippen LogP contribution is 2.38. The van der Waals surface area contributed by atoms with Gasteiger partial charge in [-0.1, -0.05) is 20.8 Å². The third kappa shape index (κ3) is 5.08. The smallest absolute Gasteiger partial charge is 0.323 e. The van der Waals surface area contributed by atoms with Gasteiger partial charge in [0, 0.05) is 0 Å². The van der Waals surface area contributed by atoms with Crippen LogP contribution in [0, 0.1) is 5.92 Å². The Morgan fingerprint density at radius 3 is 1.81 bits per heavy atom. The van der Waals surface area contributed by atoms with Gasteiger partial charge in [-0.3, -0.25) is 9.59 Å². The van der Waals surface area contributed by atoms with E-state index < -0.39 is 38.3 Å². The molecular weight excluding hydrogens is 290 g/mol. The lowest BCUT2D eigenvalue weighted by Gasteiger charge is -2.40. The van der Waals surface area contributed by atoms with Gasteiger partial charge in [-0.25, -0.2) is 0 Å². The lowest BCUT2D eigenvalue weighted by Crippen LogP contribution is -2.53. The molecule has 0 unspecified atom stereocenters. The maximum atomic E-state index is 12.0. The number of hydrogen-bond acceptors (Lipinski definition) is 6. The predicted molar refractivity (Wildman–Crippen MR) is 83.2 cm³/mol. The zero-order valence-corrected chi connectivity index (χ0v) is 15.4. The Morgan fingerprint density at radius 1 is 1.05 bits per heavy atom. The fourth-order valence-electron chi connectivity index (χ4n) is 1.76. The lowest BCUT2D eigenvalue weighted by molar-refractivity contribution is -0.157. The Morgan fingerprint density at radius 2 is 1.48 bits per heavy atom. The Bertz CT molecular complexity index is 378. The summed E-state index contributed by atoms with van der Waals surface area (Å²) in [6.45, 7) is 12.2. The van der Waals surface area contributed by atoms with E-state index in [4.69, 9.17) is 14.9 Å². The zero-order valence-electron chi connectivity index (χ0n) is 14.4. The van der Waals surface area contributed by atoms with Crippen LogP contribution in [0.15, 0.2) is 0 Å². The van der Waals surface area contributed by atoms with Gasteiger partial charge in [-0.15, -0.1) is 0 Å². The summed E-state index contributed by atoms with van der Waals surface area (Å²) in [7, 11) is 0.399. The van der Waals surface area contributed by atoms with Gasteiger partial charge in [0.15, 0.2) is 8.32 Å². The number of esters is 2. The number of carbonyl (C=O) groups excluding carboxylic acids is 2. The number of hydrogen-bond donors (Lipinski definition) is 1. The molecule has 0 aromatic rings. The van der Waals surface area contributed by atoms with Crippen molar-refractivity contribution in [3.63, 3.8) is 0 Å². The molecule has 0 radical (unpaired) electrons. The molecule has 0 saturated carbocycles. The van der Waals surface area contributed by atoms with E-state index in [1.165, 1.54) is 14.2 Å². The molecule has 0 aliphatic carbocycles. The standard InChI is InChI=1S/C14H29NO5Si/c1-9(20-21(7,8)14(2,3)4)10(12(16)18-5)11(15)13(17)19-6/h9-11H,15H2,1-8H3/t9-,10+,11-/m1/s1. The van der Waals surface area contributed by atoms with Gasteiger partial charge >= 0.3 is 11.9 Å². The predicted octanol–water partition coefficient (Wildman–Crippen LogP) is 1.69. The first-order chi connectivity index (χ1) is 9.39. The van der Waals surface area contributed by atoms with Crippen molar-refractivity contribution in [1.82, 2.24) is 0 Å². The van der Waals surface area contributed by atoms with Crippen LogP contribution in [-0.4, -0.2) is 46.6 Å². The second kappa shape index (κ2) is 7.37. The minimum atomic E-state index is -2.10. The minimum absolute atomic E-state index is 0.0166. The largest absolute Gasteiger partial charge is 0.469 e. The van der Waals surface area contributed by atoms with Crippen molar-refractivity contribution in [1.29, 1.82) is 0 Å². The Balaban J connectivity index is 5.28. The summed E-state index contributed by atoms with van der Waals surface area (Å²) in [6, 6.07) is -1.11. The molecule has 0 aliphatic rings. The Labute approximate surface area is 128 Å². The van der Waals surface area contributed by atoms with Gasteiger partial charge in [-0.05, 0) is 25.1 Å². The van der Waals surface area contributed by atoms with Crippen LogP contribution in [0.1, 0.15) is 27.7 Å². The fraction of sp³-hybridized carbons (Fsp3) is 0.857. The third-order valence-electron chi connectivity index (χ3n) is 4.13. The van der Waals surface area contributed by atoms with Crippen LogP contribution in [0.3, 0.4) is 0 Å².